The van der Waals surface area contributed by atoms with Crippen LogP contribution in [0, 0.1) is 11.2 Å². The second kappa shape index (κ2) is 4.23. The molecule has 0 atom stereocenters. The molecule has 0 saturated carbocycles. The lowest BCUT2D eigenvalue weighted by molar-refractivity contribution is 0.629. The van der Waals surface area contributed by atoms with Crippen LogP contribution in [0.5, 0.6) is 0 Å². The number of amidine groups is 1. The van der Waals surface area contributed by atoms with Gasteiger partial charge in [0.25, 0.3) is 0 Å². The second-order valence-corrected chi connectivity index (χ2v) is 2.93. The molecule has 0 fully saturated rings. The number of nitrogens with two attached hydrogens (primary N) is 1. The van der Waals surface area contributed by atoms with Crippen molar-refractivity contribution >= 4 is 29.1 Å². The molecule has 3 nitrogen and oxygen atoms in total. The Labute approximate surface area is 92.0 Å². The molecule has 5 heteroatoms. The summed E-state index contributed by atoms with van der Waals surface area (Å²) in [5.41, 5.74) is 6.47. The number of nitrogen functional groups attached to an aromatic ring is 1. The van der Waals surface area contributed by atoms with Gasteiger partial charge in [0, 0.05) is 23.2 Å². The van der Waals surface area contributed by atoms with Gasteiger partial charge in [0.2, 0.25) is 0 Å². The number of fused-ring (bicyclic) bond motifs is 1. The molecule has 0 aliphatic rings. The van der Waals surface area contributed by atoms with Crippen LogP contribution < -0.4 is 5.73 Å². The summed E-state index contributed by atoms with van der Waals surface area (Å²) in [7, 11) is 0. The molecular formula is C10H9ClFN3. The Morgan fingerprint density at radius 1 is 1.33 bits per heavy atom. The number of nitrogens with one attached hydrogen (secondary N) is 1. The largest absolute Gasteiger partial charge is 0.384 e. The van der Waals surface area contributed by atoms with E-state index in [-0.39, 0.29) is 24.1 Å². The number of nitrogens with zero attached hydrogens (tertiary/aromatic N) is 1. The minimum Gasteiger partial charge on any atom is -0.384 e. The van der Waals surface area contributed by atoms with Crippen LogP contribution in [-0.2, 0) is 0 Å². The minimum absolute atomic E-state index is 0. The first-order valence-electron chi connectivity index (χ1n) is 4.07. The van der Waals surface area contributed by atoms with Crippen LogP contribution in [0.25, 0.3) is 10.9 Å². The van der Waals surface area contributed by atoms with E-state index in [0.717, 1.165) is 0 Å². The number of halogens is 2. The molecule has 0 radical (unpaired) electrons. The third kappa shape index (κ3) is 2.05. The van der Waals surface area contributed by atoms with Crippen molar-refractivity contribution in [2.45, 2.75) is 0 Å². The Morgan fingerprint density at radius 2 is 2.07 bits per heavy atom. The normalized spacial score (nSPS) is 9.67. The van der Waals surface area contributed by atoms with E-state index < -0.39 is 0 Å². The van der Waals surface area contributed by atoms with Gasteiger partial charge in [-0.25, -0.2) is 4.39 Å². The maximum atomic E-state index is 12.8. The SMILES string of the molecule is Cl.N=C(N)c1ccnc2cc(F)ccc12. The smallest absolute Gasteiger partial charge is 0.125 e. The van der Waals surface area contributed by atoms with Crippen molar-refractivity contribution in [1.29, 1.82) is 5.41 Å². The van der Waals surface area contributed by atoms with Gasteiger partial charge in [-0.05, 0) is 18.2 Å². The third-order valence-corrected chi connectivity index (χ3v) is 1.99. The van der Waals surface area contributed by atoms with Crippen LogP contribution in [0.3, 0.4) is 0 Å². The van der Waals surface area contributed by atoms with Gasteiger partial charge in [-0.1, -0.05) is 0 Å². The lowest BCUT2D eigenvalue weighted by Gasteiger charge is -2.03. The van der Waals surface area contributed by atoms with Gasteiger partial charge in [-0.2, -0.15) is 0 Å². The van der Waals surface area contributed by atoms with E-state index in [1.54, 1.807) is 12.1 Å². The molecule has 3 N–H and O–H groups in total. The predicted octanol–water partition coefficient (Wildman–Crippen LogP) is 2.08. The standard InChI is InChI=1S/C10H8FN3.ClH/c11-6-1-2-7-8(10(12)13)3-4-14-9(7)5-6;/h1-5H,(H3,12,13);1H. The molecule has 0 unspecified atom stereocenters. The van der Waals surface area contributed by atoms with Crippen molar-refractivity contribution in [3.8, 4) is 0 Å². The van der Waals surface area contributed by atoms with Gasteiger partial charge in [0.15, 0.2) is 0 Å². The average Bonchev–Trinajstić information content (AvgIpc) is 2.16. The van der Waals surface area contributed by atoms with E-state index in [4.69, 9.17) is 11.1 Å². The molecule has 2 rings (SSSR count). The fraction of sp³-hybridized carbons (Fsp3) is 0. The van der Waals surface area contributed by atoms with Gasteiger partial charge >= 0.3 is 0 Å². The molecule has 15 heavy (non-hydrogen) atoms. The van der Waals surface area contributed by atoms with E-state index in [0.29, 0.717) is 16.5 Å². The Morgan fingerprint density at radius 3 is 2.73 bits per heavy atom. The summed E-state index contributed by atoms with van der Waals surface area (Å²) in [6, 6.07) is 5.87. The minimum atomic E-state index is -0.342. The van der Waals surface area contributed by atoms with Crippen LogP contribution in [0.2, 0.25) is 0 Å². The summed E-state index contributed by atoms with van der Waals surface area (Å²) in [6.07, 6.45) is 1.51. The summed E-state index contributed by atoms with van der Waals surface area (Å²) >= 11 is 0. The van der Waals surface area contributed by atoms with E-state index >= 15 is 0 Å². The molecular weight excluding hydrogens is 217 g/mol. The average molecular weight is 226 g/mol. The molecule has 1 heterocycles. The van der Waals surface area contributed by atoms with Crippen LogP contribution in [0.15, 0.2) is 30.5 Å². The van der Waals surface area contributed by atoms with Gasteiger partial charge in [-0.3, -0.25) is 10.4 Å². The number of pyridine rings is 1. The quantitative estimate of drug-likeness (QED) is 0.577. The van der Waals surface area contributed by atoms with E-state index in [1.165, 1.54) is 18.3 Å². The third-order valence-electron chi connectivity index (χ3n) is 1.99. The highest BCUT2D eigenvalue weighted by molar-refractivity contribution is 6.06. The fourth-order valence-corrected chi connectivity index (χ4v) is 1.36. The van der Waals surface area contributed by atoms with E-state index in [9.17, 15) is 4.39 Å². The van der Waals surface area contributed by atoms with Crippen molar-refractivity contribution in [3.05, 3.63) is 41.8 Å². The maximum absolute atomic E-state index is 12.8. The maximum Gasteiger partial charge on any atom is 0.125 e. The summed E-state index contributed by atoms with van der Waals surface area (Å²) in [5.74, 6) is -0.380. The highest BCUT2D eigenvalue weighted by Crippen LogP contribution is 2.16. The Balaban J connectivity index is 0.00000112. The van der Waals surface area contributed by atoms with Gasteiger partial charge < -0.3 is 5.73 Å². The second-order valence-electron chi connectivity index (χ2n) is 2.93. The molecule has 0 amide bonds. The van der Waals surface area contributed by atoms with Gasteiger partial charge in [0.05, 0.1) is 5.52 Å². The lowest BCUT2D eigenvalue weighted by Crippen LogP contribution is -2.11. The zero-order chi connectivity index (χ0) is 10.1. The molecule has 0 bridgehead atoms. The Hall–Kier alpha value is -1.68. The molecule has 0 saturated heterocycles. The predicted molar refractivity (Wildman–Crippen MR) is 60.0 cm³/mol. The zero-order valence-electron chi connectivity index (χ0n) is 7.70. The van der Waals surface area contributed by atoms with Crippen LogP contribution >= 0.6 is 12.4 Å². The van der Waals surface area contributed by atoms with Crippen LogP contribution in [0.4, 0.5) is 4.39 Å². The number of hydrogen-bond donors (Lipinski definition) is 2. The first kappa shape index (κ1) is 11.4. The highest BCUT2D eigenvalue weighted by Gasteiger charge is 2.04. The first-order chi connectivity index (χ1) is 6.68. The van der Waals surface area contributed by atoms with Crippen molar-refractivity contribution < 1.29 is 4.39 Å². The summed E-state index contributed by atoms with van der Waals surface area (Å²) in [4.78, 5) is 3.99. The zero-order valence-corrected chi connectivity index (χ0v) is 8.51. The molecule has 2 aromatic rings. The van der Waals surface area contributed by atoms with Crippen molar-refractivity contribution in [3.63, 3.8) is 0 Å². The number of aromatic nitrogens is 1. The fourth-order valence-electron chi connectivity index (χ4n) is 1.36. The lowest BCUT2D eigenvalue weighted by atomic mass is 10.1. The Bertz CT molecular complexity index is 513. The summed E-state index contributed by atoms with van der Waals surface area (Å²) in [5, 5.41) is 8.02. The molecule has 78 valence electrons. The van der Waals surface area contributed by atoms with E-state index in [2.05, 4.69) is 4.98 Å². The summed E-state index contributed by atoms with van der Waals surface area (Å²) < 4.78 is 12.8. The van der Waals surface area contributed by atoms with Crippen molar-refractivity contribution in [2.75, 3.05) is 0 Å². The number of rotatable bonds is 1. The summed E-state index contributed by atoms with van der Waals surface area (Å²) in [6.45, 7) is 0. The topological polar surface area (TPSA) is 62.8 Å². The molecule has 1 aromatic carbocycles. The first-order valence-corrected chi connectivity index (χ1v) is 4.07. The molecule has 0 aliphatic carbocycles. The highest BCUT2D eigenvalue weighted by atomic mass is 35.5. The van der Waals surface area contributed by atoms with Crippen LogP contribution in [-0.4, -0.2) is 10.8 Å². The van der Waals surface area contributed by atoms with Gasteiger partial charge in [-0.15, -0.1) is 12.4 Å². The van der Waals surface area contributed by atoms with Crippen molar-refractivity contribution in [2.24, 2.45) is 5.73 Å². The number of hydrogen-bond acceptors (Lipinski definition) is 2. The molecule has 0 spiro atoms. The molecule has 1 aromatic heterocycles. The van der Waals surface area contributed by atoms with E-state index in [1.807, 2.05) is 0 Å². The number of benzene rings is 1. The Kier molecular flexibility index (Phi) is 3.21. The van der Waals surface area contributed by atoms with Crippen molar-refractivity contribution in [1.82, 2.24) is 4.98 Å². The molecule has 0 aliphatic heterocycles. The monoisotopic (exact) mass is 225 g/mol. The van der Waals surface area contributed by atoms with Gasteiger partial charge in [0.1, 0.15) is 11.7 Å². The van der Waals surface area contributed by atoms with Crippen LogP contribution in [0.1, 0.15) is 5.56 Å².